The monoisotopic (exact) mass is 392 g/mol. The highest BCUT2D eigenvalue weighted by molar-refractivity contribution is 6.10. The first-order chi connectivity index (χ1) is 14.7. The zero-order chi connectivity index (χ0) is 20.9. The molecule has 0 N–H and O–H groups in total. The molecule has 1 aromatic heterocycles. The predicted octanol–water partition coefficient (Wildman–Crippen LogP) is 7.12. The Morgan fingerprint density at radius 1 is 0.967 bits per heavy atom. The van der Waals surface area contributed by atoms with E-state index in [0.29, 0.717) is 0 Å². The highest BCUT2D eigenvalue weighted by Crippen LogP contribution is 2.33. The van der Waals surface area contributed by atoms with Gasteiger partial charge in [-0.15, -0.1) is 0 Å². The fourth-order valence-electron chi connectivity index (χ4n) is 4.17. The van der Waals surface area contributed by atoms with Gasteiger partial charge in [0.05, 0.1) is 5.69 Å². The zero-order valence-corrected chi connectivity index (χ0v) is 18.0. The molecule has 0 fully saturated rings. The summed E-state index contributed by atoms with van der Waals surface area (Å²) in [7, 11) is 1.84. The second-order valence-corrected chi connectivity index (χ2v) is 7.81. The number of benzene rings is 2. The zero-order valence-electron chi connectivity index (χ0n) is 18.0. The van der Waals surface area contributed by atoms with Crippen LogP contribution in [0.4, 0.5) is 0 Å². The minimum Gasteiger partial charge on any atom is -0.317 e. The summed E-state index contributed by atoms with van der Waals surface area (Å²) in [6.45, 7) is 4.30. The molecule has 30 heavy (non-hydrogen) atoms. The number of rotatable bonds is 6. The molecule has 3 aromatic rings. The summed E-state index contributed by atoms with van der Waals surface area (Å²) in [5.41, 5.74) is 10.1. The van der Waals surface area contributed by atoms with Crippen LogP contribution in [0.5, 0.6) is 0 Å². The SMILES string of the molecule is CN=C/C(=C\CC1=CCC=C1n1cccc1-c1ccccc1)c1cc(C)cc(C)c1. The van der Waals surface area contributed by atoms with Crippen LogP contribution < -0.4 is 0 Å². The average Bonchev–Trinajstić information content (AvgIpc) is 3.40. The maximum absolute atomic E-state index is 4.31. The summed E-state index contributed by atoms with van der Waals surface area (Å²) in [5.74, 6) is 0. The van der Waals surface area contributed by atoms with Crippen molar-refractivity contribution in [1.29, 1.82) is 0 Å². The van der Waals surface area contributed by atoms with E-state index in [0.717, 1.165) is 12.8 Å². The van der Waals surface area contributed by atoms with Gasteiger partial charge in [-0.3, -0.25) is 4.99 Å². The van der Waals surface area contributed by atoms with Crippen molar-refractivity contribution >= 4 is 17.5 Å². The van der Waals surface area contributed by atoms with E-state index in [1.165, 1.54) is 44.8 Å². The van der Waals surface area contributed by atoms with Crippen molar-refractivity contribution in [1.82, 2.24) is 4.57 Å². The van der Waals surface area contributed by atoms with Gasteiger partial charge in [0.25, 0.3) is 0 Å². The summed E-state index contributed by atoms with van der Waals surface area (Å²) in [6.07, 6.45) is 13.0. The second-order valence-electron chi connectivity index (χ2n) is 7.81. The normalized spacial score (nSPS) is 14.3. The first kappa shape index (κ1) is 19.9. The van der Waals surface area contributed by atoms with E-state index in [-0.39, 0.29) is 0 Å². The smallest absolute Gasteiger partial charge is 0.0528 e. The van der Waals surface area contributed by atoms with Crippen LogP contribution >= 0.6 is 0 Å². The summed E-state index contributed by atoms with van der Waals surface area (Å²) in [4.78, 5) is 4.31. The Labute approximate surface area is 179 Å². The quantitative estimate of drug-likeness (QED) is 0.397. The number of hydrogen-bond donors (Lipinski definition) is 0. The molecule has 4 rings (SSSR count). The second kappa shape index (κ2) is 8.96. The molecule has 0 amide bonds. The van der Waals surface area contributed by atoms with E-state index >= 15 is 0 Å². The summed E-state index contributed by atoms with van der Waals surface area (Å²) in [5, 5.41) is 0. The Hall–Kier alpha value is -3.39. The van der Waals surface area contributed by atoms with Gasteiger partial charge in [0.15, 0.2) is 0 Å². The van der Waals surface area contributed by atoms with Gasteiger partial charge in [0.2, 0.25) is 0 Å². The third-order valence-electron chi connectivity index (χ3n) is 5.45. The predicted molar refractivity (Wildman–Crippen MR) is 130 cm³/mol. The first-order valence-electron chi connectivity index (χ1n) is 10.5. The molecule has 1 aliphatic rings. The molecule has 0 unspecified atom stereocenters. The number of aryl methyl sites for hydroxylation is 2. The molecule has 2 nitrogen and oxygen atoms in total. The van der Waals surface area contributed by atoms with E-state index < -0.39 is 0 Å². The van der Waals surface area contributed by atoms with Crippen LogP contribution in [0.15, 0.2) is 95.7 Å². The van der Waals surface area contributed by atoms with Crippen molar-refractivity contribution in [3.05, 3.63) is 107 Å². The molecule has 150 valence electrons. The Bertz CT molecular complexity index is 1130. The number of hydrogen-bond acceptors (Lipinski definition) is 1. The van der Waals surface area contributed by atoms with Crippen molar-refractivity contribution in [3.63, 3.8) is 0 Å². The van der Waals surface area contributed by atoms with Crippen LogP contribution in [0.3, 0.4) is 0 Å². The topological polar surface area (TPSA) is 17.3 Å². The van der Waals surface area contributed by atoms with Gasteiger partial charge in [-0.2, -0.15) is 0 Å². The third kappa shape index (κ3) is 4.28. The van der Waals surface area contributed by atoms with Crippen molar-refractivity contribution < 1.29 is 0 Å². The van der Waals surface area contributed by atoms with Gasteiger partial charge in [-0.25, -0.2) is 0 Å². The molecule has 0 saturated heterocycles. The van der Waals surface area contributed by atoms with Crippen LogP contribution in [0.2, 0.25) is 0 Å². The highest BCUT2D eigenvalue weighted by atomic mass is 15.0. The van der Waals surface area contributed by atoms with Gasteiger partial charge in [0, 0.05) is 25.2 Å². The first-order valence-corrected chi connectivity index (χ1v) is 10.5. The lowest BCUT2D eigenvalue weighted by molar-refractivity contribution is 1.09. The van der Waals surface area contributed by atoms with Gasteiger partial charge in [-0.1, -0.05) is 77.9 Å². The molecule has 1 aliphatic carbocycles. The molecule has 0 radical (unpaired) electrons. The van der Waals surface area contributed by atoms with Crippen LogP contribution in [-0.2, 0) is 0 Å². The summed E-state index contributed by atoms with van der Waals surface area (Å²) in [6, 6.07) is 21.6. The standard InChI is InChI=1S/C28H28N2/c1-21-17-22(2)19-26(18-21)25(20-29-3)15-14-24-11-7-12-27(24)30-16-8-13-28(30)23-9-5-4-6-10-23/h4-6,8-13,15-20H,7,14H2,1-3H3/b25-15+,29-20?. The minimum absolute atomic E-state index is 0.882. The van der Waals surface area contributed by atoms with Gasteiger partial charge >= 0.3 is 0 Å². The van der Waals surface area contributed by atoms with Crippen molar-refractivity contribution in [3.8, 4) is 11.3 Å². The molecule has 0 aliphatic heterocycles. The Morgan fingerprint density at radius 3 is 2.47 bits per heavy atom. The van der Waals surface area contributed by atoms with Crippen LogP contribution in [-0.4, -0.2) is 17.8 Å². The molecule has 0 atom stereocenters. The van der Waals surface area contributed by atoms with E-state index in [1.54, 1.807) is 0 Å². The summed E-state index contributed by atoms with van der Waals surface area (Å²) >= 11 is 0. The number of aromatic nitrogens is 1. The molecule has 1 heterocycles. The number of nitrogens with zero attached hydrogens (tertiary/aromatic N) is 2. The Morgan fingerprint density at radius 2 is 1.73 bits per heavy atom. The van der Waals surface area contributed by atoms with Crippen LogP contribution in [0, 0.1) is 13.8 Å². The van der Waals surface area contributed by atoms with E-state index in [2.05, 4.69) is 108 Å². The van der Waals surface area contributed by atoms with Crippen molar-refractivity contribution in [2.75, 3.05) is 7.05 Å². The molecule has 0 spiro atoms. The molecular formula is C28H28N2. The van der Waals surface area contributed by atoms with Gasteiger partial charge in [0.1, 0.15) is 0 Å². The van der Waals surface area contributed by atoms with E-state index in [9.17, 15) is 0 Å². The number of allylic oxidation sites excluding steroid dienone is 6. The lowest BCUT2D eigenvalue weighted by atomic mass is 9.99. The lowest BCUT2D eigenvalue weighted by Gasteiger charge is -2.14. The van der Waals surface area contributed by atoms with E-state index in [1.807, 2.05) is 13.3 Å². The largest absolute Gasteiger partial charge is 0.317 e. The highest BCUT2D eigenvalue weighted by Gasteiger charge is 2.15. The fraction of sp³-hybridized carbons (Fsp3) is 0.179. The third-order valence-corrected chi connectivity index (χ3v) is 5.45. The molecule has 0 bridgehead atoms. The molecule has 2 aromatic carbocycles. The minimum atomic E-state index is 0.882. The fourth-order valence-corrected chi connectivity index (χ4v) is 4.17. The Kier molecular flexibility index (Phi) is 5.94. The van der Waals surface area contributed by atoms with Crippen LogP contribution in [0.25, 0.3) is 22.5 Å². The van der Waals surface area contributed by atoms with Crippen molar-refractivity contribution in [2.24, 2.45) is 4.99 Å². The maximum atomic E-state index is 4.31. The van der Waals surface area contributed by atoms with Crippen molar-refractivity contribution in [2.45, 2.75) is 26.7 Å². The van der Waals surface area contributed by atoms with E-state index in [4.69, 9.17) is 0 Å². The lowest BCUT2D eigenvalue weighted by Crippen LogP contribution is -1.99. The molecule has 2 heteroatoms. The molecular weight excluding hydrogens is 364 g/mol. The van der Waals surface area contributed by atoms with Gasteiger partial charge < -0.3 is 4.57 Å². The van der Waals surface area contributed by atoms with Crippen LogP contribution in [0.1, 0.15) is 29.5 Å². The Balaban J connectivity index is 1.63. The average molecular weight is 393 g/mol. The van der Waals surface area contributed by atoms with Gasteiger partial charge in [-0.05, 0) is 61.1 Å². The summed E-state index contributed by atoms with van der Waals surface area (Å²) < 4.78 is 2.31. The maximum Gasteiger partial charge on any atom is 0.0528 e. The number of aliphatic imine (C=N–C) groups is 1. The molecule has 0 saturated carbocycles.